The maximum atomic E-state index is 11.4. The van der Waals surface area contributed by atoms with Crippen molar-refractivity contribution in [3.05, 3.63) is 29.3 Å². The lowest BCUT2D eigenvalue weighted by atomic mass is 10.1. The summed E-state index contributed by atoms with van der Waals surface area (Å²) in [5.74, 6) is -1.84. The molecule has 1 aromatic rings. The number of amides is 1. The summed E-state index contributed by atoms with van der Waals surface area (Å²) < 4.78 is 22.1. The van der Waals surface area contributed by atoms with Crippen LogP contribution >= 0.6 is 10.7 Å². The molecular weight excluding hydrogens is 270 g/mol. The molecule has 0 radical (unpaired) electrons. The Morgan fingerprint density at radius 2 is 2.06 bits per heavy atom. The number of nitrogens with one attached hydrogen (secondary N) is 1. The van der Waals surface area contributed by atoms with Crippen molar-refractivity contribution in [3.63, 3.8) is 0 Å². The molecule has 0 aromatic heterocycles. The van der Waals surface area contributed by atoms with Gasteiger partial charge in [0.1, 0.15) is 0 Å². The molecule has 1 aliphatic rings. The molecule has 2 rings (SSSR count). The van der Waals surface area contributed by atoms with Gasteiger partial charge in [-0.2, -0.15) is 0 Å². The predicted molar refractivity (Wildman–Crippen MR) is 57.3 cm³/mol. The molecule has 0 aliphatic carbocycles. The van der Waals surface area contributed by atoms with E-state index in [0.717, 1.165) is 12.1 Å². The van der Waals surface area contributed by atoms with Gasteiger partial charge in [0.2, 0.25) is 0 Å². The average molecular weight is 276 g/mol. The van der Waals surface area contributed by atoms with E-state index in [2.05, 4.69) is 5.32 Å². The van der Waals surface area contributed by atoms with Crippen LogP contribution in [0.3, 0.4) is 0 Å². The zero-order valence-electron chi connectivity index (χ0n) is 8.18. The van der Waals surface area contributed by atoms with Crippen molar-refractivity contribution < 1.29 is 23.1 Å². The van der Waals surface area contributed by atoms with Crippen molar-refractivity contribution in [3.8, 4) is 0 Å². The molecule has 1 heterocycles. The van der Waals surface area contributed by atoms with Gasteiger partial charge in [0.15, 0.2) is 6.04 Å². The fourth-order valence-corrected chi connectivity index (χ4v) is 2.39. The van der Waals surface area contributed by atoms with E-state index >= 15 is 0 Å². The van der Waals surface area contributed by atoms with Gasteiger partial charge in [-0.15, -0.1) is 0 Å². The first-order valence-corrected chi connectivity index (χ1v) is 6.74. The number of benzene rings is 1. The minimum Gasteiger partial charge on any atom is -0.479 e. The monoisotopic (exact) mass is 275 g/mol. The first-order chi connectivity index (χ1) is 7.80. The van der Waals surface area contributed by atoms with Crippen LogP contribution in [0.1, 0.15) is 22.0 Å². The van der Waals surface area contributed by atoms with E-state index in [1.165, 1.54) is 6.07 Å². The Hall–Kier alpha value is -1.60. The maximum absolute atomic E-state index is 11.4. The number of carboxylic acid groups (broad SMARTS) is 1. The average Bonchev–Trinajstić information content (AvgIpc) is 2.55. The minimum absolute atomic E-state index is 0.0131. The van der Waals surface area contributed by atoms with Gasteiger partial charge in [-0.25, -0.2) is 13.2 Å². The van der Waals surface area contributed by atoms with Gasteiger partial charge < -0.3 is 10.4 Å². The Bertz CT molecular complexity index is 624. The predicted octanol–water partition coefficient (Wildman–Crippen LogP) is 0.483. The smallest absolute Gasteiger partial charge is 0.330 e. The fourth-order valence-electron chi connectivity index (χ4n) is 1.62. The van der Waals surface area contributed by atoms with Crippen LogP contribution in [-0.2, 0) is 13.8 Å². The van der Waals surface area contributed by atoms with Crippen molar-refractivity contribution >= 4 is 31.6 Å². The van der Waals surface area contributed by atoms with Gasteiger partial charge in [-0.3, -0.25) is 4.79 Å². The number of halogens is 1. The molecule has 1 atom stereocenters. The van der Waals surface area contributed by atoms with E-state index in [9.17, 15) is 18.0 Å². The Kier molecular flexibility index (Phi) is 2.59. The van der Waals surface area contributed by atoms with E-state index in [0.29, 0.717) is 0 Å². The third-order valence-electron chi connectivity index (χ3n) is 2.38. The third kappa shape index (κ3) is 1.98. The van der Waals surface area contributed by atoms with Gasteiger partial charge in [0.25, 0.3) is 15.0 Å². The van der Waals surface area contributed by atoms with E-state index in [-0.39, 0.29) is 16.0 Å². The Balaban J connectivity index is 2.59. The van der Waals surface area contributed by atoms with E-state index < -0.39 is 27.0 Å². The van der Waals surface area contributed by atoms with Crippen LogP contribution in [0, 0.1) is 0 Å². The fraction of sp³-hybridized carbons (Fsp3) is 0.111. The quantitative estimate of drug-likeness (QED) is 0.765. The topological polar surface area (TPSA) is 101 Å². The number of hydrogen-bond acceptors (Lipinski definition) is 4. The second-order valence-electron chi connectivity index (χ2n) is 3.43. The molecule has 0 spiro atoms. The number of fused-ring (bicyclic) bond motifs is 1. The van der Waals surface area contributed by atoms with Crippen LogP contribution < -0.4 is 5.32 Å². The first kappa shape index (κ1) is 11.9. The third-order valence-corrected chi connectivity index (χ3v) is 3.74. The van der Waals surface area contributed by atoms with E-state index in [1.54, 1.807) is 0 Å². The largest absolute Gasteiger partial charge is 0.479 e. The van der Waals surface area contributed by atoms with Crippen LogP contribution in [0.25, 0.3) is 0 Å². The molecule has 8 heteroatoms. The summed E-state index contributed by atoms with van der Waals surface area (Å²) >= 11 is 0. The van der Waals surface area contributed by atoms with Crippen molar-refractivity contribution in [2.24, 2.45) is 0 Å². The lowest BCUT2D eigenvalue weighted by Gasteiger charge is -2.04. The maximum Gasteiger partial charge on any atom is 0.330 e. The van der Waals surface area contributed by atoms with Crippen LogP contribution in [-0.4, -0.2) is 25.4 Å². The molecule has 1 unspecified atom stereocenters. The molecular formula is C9H6ClNO5S. The van der Waals surface area contributed by atoms with Crippen LogP contribution in [0.4, 0.5) is 0 Å². The normalized spacial score (nSPS) is 18.6. The summed E-state index contributed by atoms with van der Waals surface area (Å²) in [6, 6.07) is 2.35. The number of carboxylic acids is 1. The van der Waals surface area contributed by atoms with Crippen LogP contribution in [0.15, 0.2) is 23.1 Å². The number of aliphatic carboxylic acids is 1. The van der Waals surface area contributed by atoms with Crippen molar-refractivity contribution in [2.75, 3.05) is 0 Å². The summed E-state index contributed by atoms with van der Waals surface area (Å²) in [6.45, 7) is 0. The molecule has 17 heavy (non-hydrogen) atoms. The second kappa shape index (κ2) is 3.71. The highest BCUT2D eigenvalue weighted by atomic mass is 35.7. The molecule has 1 aromatic carbocycles. The Morgan fingerprint density at radius 3 is 2.59 bits per heavy atom. The number of carbonyl (C=O) groups is 2. The molecule has 2 N–H and O–H groups in total. The molecule has 90 valence electrons. The summed E-state index contributed by atoms with van der Waals surface area (Å²) in [5.41, 5.74) is 0.241. The van der Waals surface area contributed by atoms with Crippen LogP contribution in [0.5, 0.6) is 0 Å². The van der Waals surface area contributed by atoms with E-state index in [4.69, 9.17) is 15.8 Å². The highest BCUT2D eigenvalue weighted by Crippen LogP contribution is 2.28. The van der Waals surface area contributed by atoms with E-state index in [1.807, 2.05) is 0 Å². The molecule has 1 aliphatic heterocycles. The van der Waals surface area contributed by atoms with Crippen molar-refractivity contribution in [1.29, 1.82) is 0 Å². The number of rotatable bonds is 2. The SMILES string of the molecule is O=C1NC(C(=O)O)c2ccc(S(=O)(=O)Cl)cc21. The zero-order chi connectivity index (χ0) is 12.8. The molecule has 0 saturated carbocycles. The van der Waals surface area contributed by atoms with Crippen molar-refractivity contribution in [1.82, 2.24) is 5.32 Å². The van der Waals surface area contributed by atoms with Gasteiger partial charge in [0.05, 0.1) is 4.90 Å². The zero-order valence-corrected chi connectivity index (χ0v) is 9.75. The van der Waals surface area contributed by atoms with Crippen LogP contribution in [0.2, 0.25) is 0 Å². The second-order valence-corrected chi connectivity index (χ2v) is 6.00. The summed E-state index contributed by atoms with van der Waals surface area (Å²) in [7, 11) is 1.19. The molecule has 0 fully saturated rings. The Morgan fingerprint density at radius 1 is 1.41 bits per heavy atom. The van der Waals surface area contributed by atoms with Gasteiger partial charge in [-0.1, -0.05) is 6.07 Å². The minimum atomic E-state index is -3.94. The van der Waals surface area contributed by atoms with Gasteiger partial charge in [-0.05, 0) is 17.7 Å². The molecule has 0 saturated heterocycles. The first-order valence-electron chi connectivity index (χ1n) is 4.43. The highest BCUT2D eigenvalue weighted by molar-refractivity contribution is 8.13. The molecule has 0 bridgehead atoms. The molecule has 1 amide bonds. The highest BCUT2D eigenvalue weighted by Gasteiger charge is 2.34. The summed E-state index contributed by atoms with van der Waals surface area (Å²) in [6.07, 6.45) is 0. The number of carbonyl (C=O) groups excluding carboxylic acids is 1. The number of hydrogen-bond donors (Lipinski definition) is 2. The standard InChI is InChI=1S/C9H6ClNO5S/c10-17(15,16)4-1-2-5-6(3-4)8(12)11-7(5)9(13)14/h1-3,7H,(H,11,12)(H,13,14). The van der Waals surface area contributed by atoms with Gasteiger partial charge >= 0.3 is 5.97 Å². The Labute approximate surface area is 101 Å². The lowest BCUT2D eigenvalue weighted by molar-refractivity contribution is -0.139. The van der Waals surface area contributed by atoms with Crippen molar-refractivity contribution in [2.45, 2.75) is 10.9 Å². The summed E-state index contributed by atoms with van der Waals surface area (Å²) in [4.78, 5) is 22.0. The molecule has 6 nitrogen and oxygen atoms in total. The lowest BCUT2D eigenvalue weighted by Crippen LogP contribution is -2.25. The van der Waals surface area contributed by atoms with Gasteiger partial charge in [0, 0.05) is 16.2 Å². The summed E-state index contributed by atoms with van der Waals surface area (Å²) in [5, 5.41) is 11.1.